The van der Waals surface area contributed by atoms with Crippen LogP contribution in [-0.4, -0.2) is 48.6 Å². The molecule has 8 heteroatoms. The molecule has 1 N–H and O–H groups in total. The molecule has 1 aromatic heterocycles. The van der Waals surface area contributed by atoms with Gasteiger partial charge in [-0.25, -0.2) is 8.42 Å². The molecule has 21 heavy (non-hydrogen) atoms. The maximum absolute atomic E-state index is 12.7. The molecule has 1 atom stereocenters. The number of aryl methyl sites for hydroxylation is 2. The first kappa shape index (κ1) is 16.0. The Balaban J connectivity index is 2.23. The summed E-state index contributed by atoms with van der Waals surface area (Å²) in [6.45, 7) is 5.98. The molecule has 0 radical (unpaired) electrons. The highest BCUT2D eigenvalue weighted by atomic mass is 32.2. The lowest BCUT2D eigenvalue weighted by molar-refractivity contribution is -0.149. The topological polar surface area (TPSA) is 92.4 Å². The second-order valence-corrected chi connectivity index (χ2v) is 7.09. The number of rotatable bonds is 4. The van der Waals surface area contributed by atoms with Crippen LogP contribution in [0.5, 0.6) is 0 Å². The summed E-state index contributed by atoms with van der Waals surface area (Å²) < 4.78 is 31.8. The van der Waals surface area contributed by atoms with E-state index in [2.05, 4.69) is 10.2 Å². The highest BCUT2D eigenvalue weighted by Crippen LogP contribution is 2.27. The summed E-state index contributed by atoms with van der Waals surface area (Å²) in [4.78, 5) is 12.0. The predicted octanol–water partition coefficient (Wildman–Crippen LogP) is 0.990. The van der Waals surface area contributed by atoms with Gasteiger partial charge < -0.3 is 4.74 Å². The maximum Gasteiger partial charge on any atom is 0.310 e. The average molecular weight is 315 g/mol. The zero-order valence-corrected chi connectivity index (χ0v) is 13.4. The van der Waals surface area contributed by atoms with E-state index in [9.17, 15) is 13.2 Å². The van der Waals surface area contributed by atoms with Crippen LogP contribution >= 0.6 is 0 Å². The molecular formula is C13H21N3O4S. The van der Waals surface area contributed by atoms with Crippen LogP contribution in [0.25, 0.3) is 0 Å². The van der Waals surface area contributed by atoms with Crippen molar-refractivity contribution >= 4 is 16.0 Å². The molecule has 1 saturated heterocycles. The van der Waals surface area contributed by atoms with E-state index in [0.29, 0.717) is 37.4 Å². The van der Waals surface area contributed by atoms with Crippen molar-refractivity contribution in [1.82, 2.24) is 14.5 Å². The first-order chi connectivity index (χ1) is 9.87. The molecule has 1 aromatic rings. The van der Waals surface area contributed by atoms with E-state index in [1.807, 2.05) is 0 Å². The third kappa shape index (κ3) is 3.11. The fraction of sp³-hybridized carbons (Fsp3) is 0.692. The number of nitrogens with one attached hydrogen (secondary N) is 1. The van der Waals surface area contributed by atoms with Crippen molar-refractivity contribution in [2.75, 3.05) is 19.7 Å². The predicted molar refractivity (Wildman–Crippen MR) is 76.2 cm³/mol. The van der Waals surface area contributed by atoms with Crippen LogP contribution in [0.4, 0.5) is 0 Å². The smallest absolute Gasteiger partial charge is 0.310 e. The van der Waals surface area contributed by atoms with Gasteiger partial charge in [0.2, 0.25) is 10.0 Å². The molecule has 0 bridgehead atoms. The summed E-state index contributed by atoms with van der Waals surface area (Å²) in [5.74, 6) is -0.709. The molecule has 2 heterocycles. The third-order valence-corrected chi connectivity index (χ3v) is 5.79. The van der Waals surface area contributed by atoms with E-state index < -0.39 is 10.0 Å². The van der Waals surface area contributed by atoms with Gasteiger partial charge >= 0.3 is 5.97 Å². The van der Waals surface area contributed by atoms with Gasteiger partial charge in [-0.15, -0.1) is 0 Å². The summed E-state index contributed by atoms with van der Waals surface area (Å²) >= 11 is 0. The van der Waals surface area contributed by atoms with Gasteiger partial charge in [-0.2, -0.15) is 9.40 Å². The summed E-state index contributed by atoms with van der Waals surface area (Å²) in [5, 5.41) is 6.63. The van der Waals surface area contributed by atoms with E-state index in [1.54, 1.807) is 20.8 Å². The number of piperidine rings is 1. The van der Waals surface area contributed by atoms with Gasteiger partial charge in [0.1, 0.15) is 4.90 Å². The van der Waals surface area contributed by atoms with Crippen molar-refractivity contribution in [2.45, 2.75) is 38.5 Å². The number of aromatic nitrogens is 2. The molecular weight excluding hydrogens is 294 g/mol. The van der Waals surface area contributed by atoms with Gasteiger partial charge in [-0.05, 0) is 33.6 Å². The van der Waals surface area contributed by atoms with E-state index in [1.165, 1.54) is 4.31 Å². The van der Waals surface area contributed by atoms with Crippen molar-refractivity contribution in [3.63, 3.8) is 0 Å². The SMILES string of the molecule is CCOC(=O)[C@H]1CCCN(S(=O)(=O)c2c(C)n[nH]c2C)C1. The number of sulfonamides is 1. The maximum atomic E-state index is 12.7. The zero-order valence-electron chi connectivity index (χ0n) is 12.5. The number of hydrogen-bond donors (Lipinski definition) is 1. The minimum atomic E-state index is -3.63. The Hall–Kier alpha value is -1.41. The van der Waals surface area contributed by atoms with Crippen molar-refractivity contribution in [2.24, 2.45) is 5.92 Å². The summed E-state index contributed by atoms with van der Waals surface area (Å²) in [7, 11) is -3.63. The number of esters is 1. The fourth-order valence-corrected chi connectivity index (χ4v) is 4.52. The molecule has 1 aliphatic heterocycles. The molecule has 0 amide bonds. The van der Waals surface area contributed by atoms with E-state index in [-0.39, 0.29) is 23.3 Å². The Bertz CT molecular complexity index is 604. The van der Waals surface area contributed by atoms with Crippen LogP contribution in [0.3, 0.4) is 0 Å². The molecule has 0 aliphatic carbocycles. The van der Waals surface area contributed by atoms with E-state index >= 15 is 0 Å². The summed E-state index contributed by atoms with van der Waals surface area (Å²) in [5.41, 5.74) is 0.969. The highest BCUT2D eigenvalue weighted by molar-refractivity contribution is 7.89. The Morgan fingerprint density at radius 3 is 2.76 bits per heavy atom. The van der Waals surface area contributed by atoms with Gasteiger partial charge in [0.05, 0.1) is 23.9 Å². The lowest BCUT2D eigenvalue weighted by Crippen LogP contribution is -2.43. The minimum Gasteiger partial charge on any atom is -0.466 e. The Kier molecular flexibility index (Phi) is 4.67. The van der Waals surface area contributed by atoms with Crippen molar-refractivity contribution in [1.29, 1.82) is 0 Å². The Morgan fingerprint density at radius 2 is 2.19 bits per heavy atom. The number of hydrogen-bond acceptors (Lipinski definition) is 5. The molecule has 0 aromatic carbocycles. The van der Waals surface area contributed by atoms with Crippen molar-refractivity contribution in [3.8, 4) is 0 Å². The number of nitrogens with zero attached hydrogens (tertiary/aromatic N) is 2. The van der Waals surface area contributed by atoms with Gasteiger partial charge in [-0.3, -0.25) is 9.89 Å². The fourth-order valence-electron chi connectivity index (χ4n) is 2.66. The van der Waals surface area contributed by atoms with E-state index in [0.717, 1.165) is 0 Å². The van der Waals surface area contributed by atoms with Gasteiger partial charge in [0.25, 0.3) is 0 Å². The second-order valence-electron chi connectivity index (χ2n) is 5.22. The number of carbonyl (C=O) groups is 1. The first-order valence-corrected chi connectivity index (χ1v) is 8.50. The van der Waals surface area contributed by atoms with E-state index in [4.69, 9.17) is 4.74 Å². The quantitative estimate of drug-likeness (QED) is 0.837. The van der Waals surface area contributed by atoms with Gasteiger partial charge in [-0.1, -0.05) is 0 Å². The van der Waals surface area contributed by atoms with Gasteiger partial charge in [0, 0.05) is 13.1 Å². The summed E-state index contributed by atoms with van der Waals surface area (Å²) in [6.07, 6.45) is 1.31. The number of aromatic amines is 1. The summed E-state index contributed by atoms with van der Waals surface area (Å²) in [6, 6.07) is 0. The van der Waals surface area contributed by atoms with Crippen LogP contribution in [0.1, 0.15) is 31.2 Å². The molecule has 0 unspecified atom stereocenters. The normalized spacial score (nSPS) is 20.4. The largest absolute Gasteiger partial charge is 0.466 e. The molecule has 1 fully saturated rings. The Morgan fingerprint density at radius 1 is 1.48 bits per heavy atom. The first-order valence-electron chi connectivity index (χ1n) is 7.06. The molecule has 2 rings (SSSR count). The standard InChI is InChI=1S/C13H21N3O4S/c1-4-20-13(17)11-6-5-7-16(8-11)21(18,19)12-9(2)14-15-10(12)3/h11H,4-8H2,1-3H3,(H,14,15)/t11-/m0/s1. The lowest BCUT2D eigenvalue weighted by atomic mass is 10.0. The number of carbonyl (C=O) groups excluding carboxylic acids is 1. The van der Waals surface area contributed by atoms with Crippen molar-refractivity contribution in [3.05, 3.63) is 11.4 Å². The van der Waals surface area contributed by atoms with Crippen molar-refractivity contribution < 1.29 is 17.9 Å². The molecule has 7 nitrogen and oxygen atoms in total. The minimum absolute atomic E-state index is 0.172. The molecule has 1 aliphatic rings. The molecule has 118 valence electrons. The van der Waals surface area contributed by atoms with Gasteiger partial charge in [0.15, 0.2) is 0 Å². The monoisotopic (exact) mass is 315 g/mol. The number of ether oxygens (including phenoxy) is 1. The van der Waals surface area contributed by atoms with Crippen LogP contribution in [0.15, 0.2) is 4.90 Å². The molecule has 0 saturated carbocycles. The number of H-pyrrole nitrogens is 1. The zero-order chi connectivity index (χ0) is 15.6. The average Bonchev–Trinajstić information content (AvgIpc) is 2.79. The van der Waals surface area contributed by atoms with Crippen LogP contribution < -0.4 is 0 Å². The van der Waals surface area contributed by atoms with Crippen LogP contribution in [0.2, 0.25) is 0 Å². The van der Waals surface area contributed by atoms with Crippen LogP contribution in [0, 0.1) is 19.8 Å². The highest BCUT2D eigenvalue weighted by Gasteiger charge is 2.36. The third-order valence-electron chi connectivity index (χ3n) is 3.66. The molecule has 0 spiro atoms. The lowest BCUT2D eigenvalue weighted by Gasteiger charge is -2.30. The second kappa shape index (κ2) is 6.15. The van der Waals surface area contributed by atoms with Crippen LogP contribution in [-0.2, 0) is 19.6 Å². The Labute approximate surface area is 124 Å².